The molecule has 0 aliphatic carbocycles. The van der Waals surface area contributed by atoms with E-state index in [2.05, 4.69) is 4.98 Å². The molecule has 1 N–H and O–H groups in total. The SMILES string of the molecule is CC(C)S(=O)(=O)Cc1c[nH]c2cc(F)ccc12. The maximum atomic E-state index is 13.0. The number of hydrogen-bond acceptors (Lipinski definition) is 2. The summed E-state index contributed by atoms with van der Waals surface area (Å²) in [5.41, 5.74) is 1.31. The van der Waals surface area contributed by atoms with Crippen LogP contribution in [0.2, 0.25) is 0 Å². The standard InChI is InChI=1S/C12H14FNO2S/c1-8(2)17(15,16)7-9-6-14-12-5-10(13)3-4-11(9)12/h3-6,8,14H,7H2,1-2H3. The van der Waals surface area contributed by atoms with Gasteiger partial charge in [0.1, 0.15) is 5.82 Å². The largest absolute Gasteiger partial charge is 0.361 e. The van der Waals surface area contributed by atoms with E-state index in [0.717, 1.165) is 5.39 Å². The van der Waals surface area contributed by atoms with Crippen molar-refractivity contribution in [3.05, 3.63) is 35.8 Å². The molecule has 0 bridgehead atoms. The molecule has 1 heterocycles. The molecule has 0 aliphatic rings. The second-order valence-electron chi connectivity index (χ2n) is 4.36. The molecule has 0 spiro atoms. The highest BCUT2D eigenvalue weighted by Gasteiger charge is 2.18. The zero-order chi connectivity index (χ0) is 12.6. The van der Waals surface area contributed by atoms with Crippen LogP contribution in [0.1, 0.15) is 19.4 Å². The molecule has 0 aliphatic heterocycles. The van der Waals surface area contributed by atoms with Gasteiger partial charge in [-0.3, -0.25) is 0 Å². The van der Waals surface area contributed by atoms with Crippen molar-refractivity contribution in [2.45, 2.75) is 24.9 Å². The molecular weight excluding hydrogens is 241 g/mol. The van der Waals surface area contributed by atoms with E-state index < -0.39 is 15.1 Å². The van der Waals surface area contributed by atoms with Crippen LogP contribution >= 0.6 is 0 Å². The topological polar surface area (TPSA) is 49.9 Å². The summed E-state index contributed by atoms with van der Waals surface area (Å²) >= 11 is 0. The van der Waals surface area contributed by atoms with E-state index in [1.54, 1.807) is 26.1 Å². The molecule has 17 heavy (non-hydrogen) atoms. The number of H-pyrrole nitrogens is 1. The molecule has 0 atom stereocenters. The Hall–Kier alpha value is -1.36. The molecule has 1 aromatic heterocycles. The van der Waals surface area contributed by atoms with Crippen LogP contribution in [0, 0.1) is 5.82 Å². The number of aromatic nitrogens is 1. The van der Waals surface area contributed by atoms with Crippen molar-refractivity contribution in [2.75, 3.05) is 0 Å². The van der Waals surface area contributed by atoms with Gasteiger partial charge in [-0.05, 0) is 37.6 Å². The molecule has 1 aromatic carbocycles. The zero-order valence-corrected chi connectivity index (χ0v) is 10.5. The van der Waals surface area contributed by atoms with E-state index in [9.17, 15) is 12.8 Å². The molecule has 0 saturated carbocycles. The fourth-order valence-corrected chi connectivity index (χ4v) is 2.67. The van der Waals surface area contributed by atoms with E-state index in [1.807, 2.05) is 0 Å². The monoisotopic (exact) mass is 255 g/mol. The van der Waals surface area contributed by atoms with Crippen molar-refractivity contribution < 1.29 is 12.8 Å². The van der Waals surface area contributed by atoms with Crippen LogP contribution in [0.3, 0.4) is 0 Å². The molecule has 3 nitrogen and oxygen atoms in total. The summed E-state index contributed by atoms with van der Waals surface area (Å²) in [5, 5.41) is 0.350. The summed E-state index contributed by atoms with van der Waals surface area (Å²) in [6, 6.07) is 4.30. The van der Waals surface area contributed by atoms with E-state index in [0.29, 0.717) is 11.1 Å². The average Bonchev–Trinajstić information content (AvgIpc) is 2.60. The molecular formula is C12H14FNO2S. The third-order valence-electron chi connectivity index (χ3n) is 2.80. The molecule has 5 heteroatoms. The lowest BCUT2D eigenvalue weighted by atomic mass is 10.2. The molecule has 0 radical (unpaired) electrons. The van der Waals surface area contributed by atoms with Crippen molar-refractivity contribution in [1.29, 1.82) is 0 Å². The Morgan fingerprint density at radius 2 is 2.06 bits per heavy atom. The third kappa shape index (κ3) is 2.34. The van der Waals surface area contributed by atoms with Crippen LogP contribution < -0.4 is 0 Å². The van der Waals surface area contributed by atoms with Gasteiger partial charge in [0.25, 0.3) is 0 Å². The summed E-state index contributed by atoms with van der Waals surface area (Å²) in [6.07, 6.45) is 1.63. The lowest BCUT2D eigenvalue weighted by Gasteiger charge is -2.06. The van der Waals surface area contributed by atoms with Crippen LogP contribution in [0.25, 0.3) is 10.9 Å². The van der Waals surface area contributed by atoms with E-state index in [4.69, 9.17) is 0 Å². The number of fused-ring (bicyclic) bond motifs is 1. The molecule has 0 saturated heterocycles. The van der Waals surface area contributed by atoms with Gasteiger partial charge in [-0.1, -0.05) is 0 Å². The lowest BCUT2D eigenvalue weighted by Crippen LogP contribution is -2.15. The Kier molecular flexibility index (Phi) is 2.95. The van der Waals surface area contributed by atoms with Gasteiger partial charge < -0.3 is 4.98 Å². The number of hydrogen-bond donors (Lipinski definition) is 1. The lowest BCUT2D eigenvalue weighted by molar-refractivity contribution is 0.586. The molecule has 2 aromatic rings. The van der Waals surface area contributed by atoms with E-state index in [-0.39, 0.29) is 11.6 Å². The average molecular weight is 255 g/mol. The Labute approximate surface area is 99.6 Å². The number of sulfone groups is 1. The molecule has 0 fully saturated rings. The maximum absolute atomic E-state index is 13.0. The Morgan fingerprint density at radius 1 is 1.35 bits per heavy atom. The summed E-state index contributed by atoms with van der Waals surface area (Å²) in [6.45, 7) is 3.31. The number of nitrogens with one attached hydrogen (secondary N) is 1. The smallest absolute Gasteiger partial charge is 0.156 e. The fraction of sp³-hybridized carbons (Fsp3) is 0.333. The molecule has 92 valence electrons. The predicted octanol–water partition coefficient (Wildman–Crippen LogP) is 2.63. The maximum Gasteiger partial charge on any atom is 0.156 e. The van der Waals surface area contributed by atoms with Crippen LogP contribution in [0.15, 0.2) is 24.4 Å². The summed E-state index contributed by atoms with van der Waals surface area (Å²) in [4.78, 5) is 2.89. The van der Waals surface area contributed by atoms with Gasteiger partial charge in [-0.15, -0.1) is 0 Å². The minimum Gasteiger partial charge on any atom is -0.361 e. The quantitative estimate of drug-likeness (QED) is 0.916. The molecule has 2 rings (SSSR count). The molecule has 0 unspecified atom stereocenters. The highest BCUT2D eigenvalue weighted by atomic mass is 32.2. The van der Waals surface area contributed by atoms with Crippen molar-refractivity contribution >= 4 is 20.7 Å². The first kappa shape index (κ1) is 12.1. The molecule has 0 amide bonds. The Morgan fingerprint density at radius 3 is 2.71 bits per heavy atom. The van der Waals surface area contributed by atoms with E-state index >= 15 is 0 Å². The highest BCUT2D eigenvalue weighted by Crippen LogP contribution is 2.22. The number of rotatable bonds is 3. The summed E-state index contributed by atoms with van der Waals surface area (Å²) in [5.74, 6) is -0.353. The summed E-state index contributed by atoms with van der Waals surface area (Å²) < 4.78 is 36.6. The van der Waals surface area contributed by atoms with Gasteiger partial charge in [-0.2, -0.15) is 0 Å². The Balaban J connectivity index is 2.45. The van der Waals surface area contributed by atoms with Gasteiger partial charge in [-0.25, -0.2) is 12.8 Å². The second-order valence-corrected chi connectivity index (χ2v) is 6.92. The first-order valence-electron chi connectivity index (χ1n) is 5.37. The predicted molar refractivity (Wildman–Crippen MR) is 66.0 cm³/mol. The van der Waals surface area contributed by atoms with Crippen LogP contribution in [-0.4, -0.2) is 18.7 Å². The van der Waals surface area contributed by atoms with Crippen molar-refractivity contribution in [1.82, 2.24) is 4.98 Å². The van der Waals surface area contributed by atoms with Crippen LogP contribution in [0.4, 0.5) is 4.39 Å². The minimum atomic E-state index is -3.14. The van der Waals surface area contributed by atoms with Crippen molar-refractivity contribution in [3.8, 4) is 0 Å². The highest BCUT2D eigenvalue weighted by molar-refractivity contribution is 7.91. The normalized spacial score (nSPS) is 12.5. The van der Waals surface area contributed by atoms with Crippen molar-refractivity contribution in [2.24, 2.45) is 0 Å². The van der Waals surface area contributed by atoms with Crippen LogP contribution in [-0.2, 0) is 15.6 Å². The summed E-state index contributed by atoms with van der Waals surface area (Å²) in [7, 11) is -3.14. The van der Waals surface area contributed by atoms with Gasteiger partial charge in [0.15, 0.2) is 9.84 Å². The first-order valence-corrected chi connectivity index (χ1v) is 7.09. The van der Waals surface area contributed by atoms with Gasteiger partial charge >= 0.3 is 0 Å². The van der Waals surface area contributed by atoms with Gasteiger partial charge in [0.2, 0.25) is 0 Å². The van der Waals surface area contributed by atoms with Gasteiger partial charge in [0.05, 0.1) is 11.0 Å². The van der Waals surface area contributed by atoms with E-state index in [1.165, 1.54) is 12.1 Å². The third-order valence-corrected chi connectivity index (χ3v) is 4.95. The van der Waals surface area contributed by atoms with Crippen LogP contribution in [0.5, 0.6) is 0 Å². The number of aromatic amines is 1. The number of halogens is 1. The second kappa shape index (κ2) is 4.14. The number of benzene rings is 1. The first-order chi connectivity index (χ1) is 7.90. The van der Waals surface area contributed by atoms with Crippen molar-refractivity contribution in [3.63, 3.8) is 0 Å². The zero-order valence-electron chi connectivity index (χ0n) is 9.70. The van der Waals surface area contributed by atoms with Gasteiger partial charge in [0, 0.05) is 17.1 Å². The minimum absolute atomic E-state index is 0.0176. The Bertz CT molecular complexity index is 644. The fourth-order valence-electron chi connectivity index (χ4n) is 1.66.